The van der Waals surface area contributed by atoms with Crippen LogP contribution in [0, 0.1) is 5.41 Å². The van der Waals surface area contributed by atoms with Gasteiger partial charge in [-0.1, -0.05) is 19.9 Å². The molecule has 0 saturated carbocycles. The first-order valence-electron chi connectivity index (χ1n) is 5.64. The summed E-state index contributed by atoms with van der Waals surface area (Å²) in [7, 11) is 2.08. The van der Waals surface area contributed by atoms with Gasteiger partial charge in [0.05, 0.1) is 0 Å². The molecule has 1 aromatic rings. The van der Waals surface area contributed by atoms with E-state index in [1.165, 1.54) is 4.88 Å². The molecule has 1 heterocycles. The highest BCUT2D eigenvalue weighted by Gasteiger charge is 2.24. The van der Waals surface area contributed by atoms with Gasteiger partial charge >= 0.3 is 0 Å². The number of ketones is 1. The first-order valence-corrected chi connectivity index (χ1v) is 6.52. The molecule has 0 saturated heterocycles. The Labute approximate surface area is 102 Å². The molecule has 0 aliphatic rings. The Morgan fingerprint density at radius 1 is 1.50 bits per heavy atom. The number of hydrogen-bond donors (Lipinski definition) is 0. The average Bonchev–Trinajstić information content (AvgIpc) is 2.66. The van der Waals surface area contributed by atoms with Gasteiger partial charge in [0, 0.05) is 23.4 Å². The van der Waals surface area contributed by atoms with Crippen molar-refractivity contribution in [3.63, 3.8) is 0 Å². The normalized spacial score (nSPS) is 12.1. The van der Waals surface area contributed by atoms with Gasteiger partial charge in [-0.25, -0.2) is 0 Å². The second kappa shape index (κ2) is 5.60. The van der Waals surface area contributed by atoms with Gasteiger partial charge in [-0.05, 0) is 31.8 Å². The van der Waals surface area contributed by atoms with Crippen molar-refractivity contribution in [2.75, 3.05) is 20.1 Å². The van der Waals surface area contributed by atoms with Crippen LogP contribution >= 0.6 is 11.3 Å². The predicted molar refractivity (Wildman–Crippen MR) is 70.0 cm³/mol. The van der Waals surface area contributed by atoms with Gasteiger partial charge in [-0.3, -0.25) is 4.79 Å². The Morgan fingerprint density at radius 3 is 2.69 bits per heavy atom. The zero-order valence-electron chi connectivity index (χ0n) is 10.6. The van der Waals surface area contributed by atoms with Crippen LogP contribution in [-0.4, -0.2) is 30.8 Å². The number of carbonyl (C=O) groups is 1. The number of carbonyl (C=O) groups excluding carboxylic acids is 1. The third-order valence-electron chi connectivity index (χ3n) is 2.94. The zero-order chi connectivity index (χ0) is 12.2. The molecule has 0 N–H and O–H groups in total. The summed E-state index contributed by atoms with van der Waals surface area (Å²) in [5, 5.41) is 2.11. The predicted octanol–water partition coefficient (Wildman–Crippen LogP) is 2.84. The van der Waals surface area contributed by atoms with Crippen molar-refractivity contribution in [1.29, 1.82) is 0 Å². The Bertz CT molecular complexity index is 330. The molecule has 0 atom stereocenters. The summed E-state index contributed by atoms with van der Waals surface area (Å²) in [5.74, 6) is 0.260. The highest BCUT2D eigenvalue weighted by atomic mass is 32.1. The molecule has 0 aromatic carbocycles. The topological polar surface area (TPSA) is 20.3 Å². The Morgan fingerprint density at radius 2 is 2.19 bits per heavy atom. The monoisotopic (exact) mass is 239 g/mol. The van der Waals surface area contributed by atoms with E-state index in [1.807, 2.05) is 13.8 Å². The van der Waals surface area contributed by atoms with Crippen LogP contribution in [0.25, 0.3) is 0 Å². The van der Waals surface area contributed by atoms with Crippen LogP contribution in [0.4, 0.5) is 0 Å². The summed E-state index contributed by atoms with van der Waals surface area (Å²) < 4.78 is 0. The summed E-state index contributed by atoms with van der Waals surface area (Å²) in [4.78, 5) is 15.1. The second-order valence-electron chi connectivity index (χ2n) is 5.01. The highest BCUT2D eigenvalue weighted by molar-refractivity contribution is 7.09. The summed E-state index contributed by atoms with van der Waals surface area (Å²) in [6.07, 6.45) is 1.07. The maximum atomic E-state index is 11.4. The van der Waals surface area contributed by atoms with Crippen LogP contribution in [0.1, 0.15) is 25.6 Å². The van der Waals surface area contributed by atoms with Gasteiger partial charge in [0.1, 0.15) is 5.78 Å². The number of hydrogen-bond acceptors (Lipinski definition) is 3. The fourth-order valence-electron chi connectivity index (χ4n) is 1.62. The van der Waals surface area contributed by atoms with E-state index < -0.39 is 0 Å². The van der Waals surface area contributed by atoms with Crippen molar-refractivity contribution in [3.05, 3.63) is 22.4 Å². The van der Waals surface area contributed by atoms with E-state index >= 15 is 0 Å². The standard InChI is InChI=1S/C13H21NOS/c1-11(15)13(2,3)10-14(4)8-7-12-6-5-9-16-12/h5-6,9H,7-8,10H2,1-4H3. The molecule has 0 aliphatic carbocycles. The molecule has 2 nitrogen and oxygen atoms in total. The van der Waals surface area contributed by atoms with Crippen molar-refractivity contribution in [1.82, 2.24) is 4.90 Å². The Kier molecular flexibility index (Phi) is 4.69. The third kappa shape index (κ3) is 4.06. The van der Waals surface area contributed by atoms with E-state index in [2.05, 4.69) is 29.5 Å². The Hall–Kier alpha value is -0.670. The molecule has 16 heavy (non-hydrogen) atoms. The lowest BCUT2D eigenvalue weighted by Crippen LogP contribution is -2.37. The van der Waals surface area contributed by atoms with E-state index in [4.69, 9.17) is 0 Å². The molecule has 1 rings (SSSR count). The van der Waals surface area contributed by atoms with Gasteiger partial charge in [-0.2, -0.15) is 0 Å². The molecule has 90 valence electrons. The first kappa shape index (κ1) is 13.4. The van der Waals surface area contributed by atoms with Gasteiger partial charge in [0.2, 0.25) is 0 Å². The third-order valence-corrected chi connectivity index (χ3v) is 3.87. The van der Waals surface area contributed by atoms with Crippen molar-refractivity contribution < 1.29 is 4.79 Å². The van der Waals surface area contributed by atoms with Crippen LogP contribution in [0.3, 0.4) is 0 Å². The van der Waals surface area contributed by atoms with Crippen LogP contribution in [0.5, 0.6) is 0 Å². The van der Waals surface area contributed by atoms with E-state index in [1.54, 1.807) is 18.3 Å². The number of likely N-dealkylation sites (N-methyl/N-ethyl adjacent to an activating group) is 1. The fourth-order valence-corrected chi connectivity index (χ4v) is 2.32. The van der Waals surface area contributed by atoms with Crippen LogP contribution in [0.15, 0.2) is 17.5 Å². The zero-order valence-corrected chi connectivity index (χ0v) is 11.4. The molecule has 1 aromatic heterocycles. The first-order chi connectivity index (χ1) is 7.42. The highest BCUT2D eigenvalue weighted by Crippen LogP contribution is 2.18. The summed E-state index contributed by atoms with van der Waals surface area (Å²) in [6.45, 7) is 7.53. The molecule has 0 spiro atoms. The van der Waals surface area contributed by atoms with Crippen molar-refractivity contribution in [3.8, 4) is 0 Å². The molecule has 0 aliphatic heterocycles. The van der Waals surface area contributed by atoms with Crippen molar-refractivity contribution in [2.24, 2.45) is 5.41 Å². The molecule has 0 unspecified atom stereocenters. The van der Waals surface area contributed by atoms with Crippen molar-refractivity contribution in [2.45, 2.75) is 27.2 Å². The lowest BCUT2D eigenvalue weighted by molar-refractivity contribution is -0.125. The quantitative estimate of drug-likeness (QED) is 0.761. The SMILES string of the molecule is CC(=O)C(C)(C)CN(C)CCc1cccs1. The number of rotatable bonds is 6. The molecule has 3 heteroatoms. The minimum atomic E-state index is -0.232. The lowest BCUT2D eigenvalue weighted by atomic mass is 9.88. The van der Waals surface area contributed by atoms with Gasteiger partial charge in [0.25, 0.3) is 0 Å². The maximum Gasteiger partial charge on any atom is 0.136 e. The average molecular weight is 239 g/mol. The Balaban J connectivity index is 2.36. The molecule has 0 bridgehead atoms. The number of Topliss-reactive ketones (excluding diaryl/α,β-unsaturated/α-hetero) is 1. The second-order valence-corrected chi connectivity index (χ2v) is 6.04. The molecule has 0 amide bonds. The largest absolute Gasteiger partial charge is 0.305 e. The van der Waals surface area contributed by atoms with Crippen LogP contribution in [0.2, 0.25) is 0 Å². The number of nitrogens with zero attached hydrogens (tertiary/aromatic N) is 1. The van der Waals surface area contributed by atoms with Crippen LogP contribution in [-0.2, 0) is 11.2 Å². The molecular weight excluding hydrogens is 218 g/mol. The van der Waals surface area contributed by atoms with E-state index in [0.717, 1.165) is 19.5 Å². The minimum Gasteiger partial charge on any atom is -0.305 e. The van der Waals surface area contributed by atoms with Crippen molar-refractivity contribution >= 4 is 17.1 Å². The fraction of sp³-hybridized carbons (Fsp3) is 0.615. The summed E-state index contributed by atoms with van der Waals surface area (Å²) in [5.41, 5.74) is -0.232. The smallest absolute Gasteiger partial charge is 0.136 e. The molecule has 0 radical (unpaired) electrons. The lowest BCUT2D eigenvalue weighted by Gasteiger charge is -2.27. The van der Waals surface area contributed by atoms with Crippen LogP contribution < -0.4 is 0 Å². The van der Waals surface area contributed by atoms with E-state index in [-0.39, 0.29) is 11.2 Å². The minimum absolute atomic E-state index is 0.232. The van der Waals surface area contributed by atoms with E-state index in [9.17, 15) is 4.79 Å². The van der Waals surface area contributed by atoms with Gasteiger partial charge < -0.3 is 4.90 Å². The van der Waals surface area contributed by atoms with Gasteiger partial charge in [0.15, 0.2) is 0 Å². The number of thiophene rings is 1. The summed E-state index contributed by atoms with van der Waals surface area (Å²) in [6, 6.07) is 4.24. The summed E-state index contributed by atoms with van der Waals surface area (Å²) >= 11 is 1.80. The molecular formula is C13H21NOS. The van der Waals surface area contributed by atoms with Gasteiger partial charge in [-0.15, -0.1) is 11.3 Å². The molecule has 0 fully saturated rings. The maximum absolute atomic E-state index is 11.4. The van der Waals surface area contributed by atoms with E-state index in [0.29, 0.717) is 0 Å².